The van der Waals surface area contributed by atoms with Crippen LogP contribution in [0.5, 0.6) is 0 Å². The Balaban J connectivity index is 3.08. The number of H-pyrrole nitrogens is 1. The minimum atomic E-state index is 0.0520. The van der Waals surface area contributed by atoms with E-state index in [0.29, 0.717) is 5.52 Å². The van der Waals surface area contributed by atoms with Crippen LogP contribution >= 0.6 is 0 Å². The van der Waals surface area contributed by atoms with Crippen LogP contribution in [0.2, 0.25) is 0 Å². The van der Waals surface area contributed by atoms with Crippen LogP contribution < -0.4 is 5.43 Å². The summed E-state index contributed by atoms with van der Waals surface area (Å²) < 4.78 is 0. The van der Waals surface area contributed by atoms with Gasteiger partial charge < -0.3 is 4.98 Å². The second-order valence-corrected chi connectivity index (χ2v) is 3.25. The maximum absolute atomic E-state index is 11.5. The summed E-state index contributed by atoms with van der Waals surface area (Å²) >= 11 is 0. The number of aromatic nitrogens is 1. The molecule has 1 heterocycles. The summed E-state index contributed by atoms with van der Waals surface area (Å²) in [5.41, 5.74) is 2.98. The molecule has 1 aromatic carbocycles. The summed E-state index contributed by atoms with van der Waals surface area (Å²) in [6.45, 7) is 4.00. The first-order valence-electron chi connectivity index (χ1n) is 4.28. The third-order valence-electron chi connectivity index (χ3n) is 2.42. The lowest BCUT2D eigenvalue weighted by molar-refractivity contribution is 1.25. The number of rotatable bonds is 0. The van der Waals surface area contributed by atoms with E-state index >= 15 is 0 Å². The number of fused-ring (bicyclic) bond motifs is 1. The van der Waals surface area contributed by atoms with Crippen LogP contribution in [0.4, 0.5) is 0 Å². The van der Waals surface area contributed by atoms with E-state index in [9.17, 15) is 4.79 Å². The average molecular weight is 173 g/mol. The van der Waals surface area contributed by atoms with E-state index in [1.165, 1.54) is 0 Å². The maximum atomic E-state index is 11.5. The zero-order valence-electron chi connectivity index (χ0n) is 7.72. The number of nitrogens with one attached hydrogen (secondary N) is 1. The van der Waals surface area contributed by atoms with Crippen molar-refractivity contribution in [2.45, 2.75) is 13.8 Å². The van der Waals surface area contributed by atoms with Gasteiger partial charge in [0.15, 0.2) is 0 Å². The van der Waals surface area contributed by atoms with Gasteiger partial charge >= 0.3 is 0 Å². The smallest absolute Gasteiger partial charge is 0.202 e. The normalized spacial score (nSPS) is 10.6. The van der Waals surface area contributed by atoms with E-state index in [-0.39, 0.29) is 5.43 Å². The van der Waals surface area contributed by atoms with Crippen LogP contribution in [0.25, 0.3) is 10.9 Å². The Morgan fingerprint density at radius 1 is 1.15 bits per heavy atom. The van der Waals surface area contributed by atoms with Gasteiger partial charge in [-0.2, -0.15) is 0 Å². The minimum absolute atomic E-state index is 0.0520. The van der Waals surface area contributed by atoms with Crippen LogP contribution in [-0.4, -0.2) is 4.98 Å². The molecule has 2 rings (SSSR count). The van der Waals surface area contributed by atoms with Crippen LogP contribution in [0.1, 0.15) is 11.3 Å². The van der Waals surface area contributed by atoms with E-state index in [1.54, 1.807) is 12.1 Å². The highest BCUT2D eigenvalue weighted by Crippen LogP contribution is 2.16. The summed E-state index contributed by atoms with van der Waals surface area (Å²) in [6, 6.07) is 7.21. The molecule has 1 aromatic heterocycles. The first-order chi connectivity index (χ1) is 6.20. The van der Waals surface area contributed by atoms with Crippen molar-refractivity contribution in [2.75, 3.05) is 0 Å². The first kappa shape index (κ1) is 8.05. The molecule has 13 heavy (non-hydrogen) atoms. The van der Waals surface area contributed by atoms with Crippen LogP contribution in [-0.2, 0) is 0 Å². The highest BCUT2D eigenvalue weighted by atomic mass is 16.1. The van der Waals surface area contributed by atoms with Gasteiger partial charge in [0.05, 0.1) is 5.52 Å². The molecule has 2 nitrogen and oxygen atoms in total. The van der Waals surface area contributed by atoms with E-state index in [2.05, 4.69) is 4.98 Å². The lowest BCUT2D eigenvalue weighted by atomic mass is 10.2. The number of aryl methyl sites for hydroxylation is 2. The molecule has 0 radical (unpaired) electrons. The maximum Gasteiger partial charge on any atom is 0.202 e. The van der Waals surface area contributed by atoms with Gasteiger partial charge in [-0.25, -0.2) is 0 Å². The van der Waals surface area contributed by atoms with Gasteiger partial charge in [0.25, 0.3) is 0 Å². The molecule has 2 aromatic rings. The van der Waals surface area contributed by atoms with Crippen molar-refractivity contribution in [2.24, 2.45) is 0 Å². The largest absolute Gasteiger partial charge is 0.355 e. The molecule has 0 aliphatic carbocycles. The lowest BCUT2D eigenvalue weighted by Gasteiger charge is -1.85. The molecule has 0 amide bonds. The lowest BCUT2D eigenvalue weighted by Crippen LogP contribution is -1.94. The van der Waals surface area contributed by atoms with E-state index in [1.807, 2.05) is 26.0 Å². The van der Waals surface area contributed by atoms with Gasteiger partial charge in [-0.3, -0.25) is 4.79 Å². The van der Waals surface area contributed by atoms with Crippen molar-refractivity contribution in [3.63, 3.8) is 0 Å². The molecule has 0 fully saturated rings. The molecule has 0 saturated heterocycles. The van der Waals surface area contributed by atoms with Crippen molar-refractivity contribution >= 4 is 10.9 Å². The summed E-state index contributed by atoms with van der Waals surface area (Å²) in [7, 11) is 0. The third-order valence-corrected chi connectivity index (χ3v) is 2.42. The molecule has 2 heteroatoms. The highest BCUT2D eigenvalue weighted by molar-refractivity contribution is 5.83. The molecular weight excluding hydrogens is 162 g/mol. The fourth-order valence-corrected chi connectivity index (χ4v) is 1.52. The Hall–Kier alpha value is -1.57. The van der Waals surface area contributed by atoms with Crippen molar-refractivity contribution in [3.05, 3.63) is 45.7 Å². The van der Waals surface area contributed by atoms with Gasteiger partial charge in [-0.05, 0) is 25.5 Å². The predicted octanol–water partition coefficient (Wildman–Crippen LogP) is 2.14. The Kier molecular flexibility index (Phi) is 1.69. The Bertz CT molecular complexity index is 511. The average Bonchev–Trinajstić information content (AvgIpc) is 2.30. The number of hydrogen-bond acceptors (Lipinski definition) is 1. The summed E-state index contributed by atoms with van der Waals surface area (Å²) in [4.78, 5) is 14.6. The molecule has 0 bridgehead atoms. The molecule has 0 spiro atoms. The molecule has 0 aliphatic heterocycles. The van der Waals surface area contributed by atoms with E-state index in [4.69, 9.17) is 0 Å². The number of aromatic amines is 1. The second-order valence-electron chi connectivity index (χ2n) is 3.25. The van der Waals surface area contributed by atoms with Gasteiger partial charge in [-0.1, -0.05) is 18.2 Å². The molecule has 0 aliphatic rings. The topological polar surface area (TPSA) is 32.9 Å². The Labute approximate surface area is 76.2 Å². The monoisotopic (exact) mass is 173 g/mol. The summed E-state index contributed by atoms with van der Waals surface area (Å²) in [5.74, 6) is 0. The SMILES string of the molecule is Cc1[nH]c2c(=O)ccccc2c1C. The Morgan fingerprint density at radius 3 is 2.62 bits per heavy atom. The van der Waals surface area contributed by atoms with Crippen molar-refractivity contribution in [1.82, 2.24) is 4.98 Å². The predicted molar refractivity (Wildman–Crippen MR) is 54.0 cm³/mol. The molecule has 66 valence electrons. The quantitative estimate of drug-likeness (QED) is 0.650. The van der Waals surface area contributed by atoms with E-state index in [0.717, 1.165) is 16.6 Å². The van der Waals surface area contributed by atoms with Crippen LogP contribution in [0, 0.1) is 13.8 Å². The third kappa shape index (κ3) is 1.15. The van der Waals surface area contributed by atoms with Crippen molar-refractivity contribution in [1.29, 1.82) is 0 Å². The fraction of sp³-hybridized carbons (Fsp3) is 0.182. The fourth-order valence-electron chi connectivity index (χ4n) is 1.52. The standard InChI is InChI=1S/C11H11NO/c1-7-8(2)12-11-9(7)5-3-4-6-10(11)13/h3-6,12H,1-2H3. The van der Waals surface area contributed by atoms with Gasteiger partial charge in [0.1, 0.15) is 0 Å². The molecule has 0 saturated carbocycles. The van der Waals surface area contributed by atoms with E-state index < -0.39 is 0 Å². The van der Waals surface area contributed by atoms with Gasteiger partial charge in [-0.15, -0.1) is 0 Å². The van der Waals surface area contributed by atoms with Crippen LogP contribution in [0.3, 0.4) is 0 Å². The summed E-state index contributed by atoms with van der Waals surface area (Å²) in [6.07, 6.45) is 0. The zero-order chi connectivity index (χ0) is 9.42. The molecular formula is C11H11NO. The van der Waals surface area contributed by atoms with Gasteiger partial charge in [0, 0.05) is 11.1 Å². The molecule has 0 unspecified atom stereocenters. The highest BCUT2D eigenvalue weighted by Gasteiger charge is 2.03. The molecule has 1 N–H and O–H groups in total. The number of hydrogen-bond donors (Lipinski definition) is 1. The Morgan fingerprint density at radius 2 is 1.85 bits per heavy atom. The zero-order valence-corrected chi connectivity index (χ0v) is 7.72. The van der Waals surface area contributed by atoms with Gasteiger partial charge in [0.2, 0.25) is 5.43 Å². The minimum Gasteiger partial charge on any atom is -0.355 e. The first-order valence-corrected chi connectivity index (χ1v) is 4.28. The molecule has 0 atom stereocenters. The van der Waals surface area contributed by atoms with Crippen molar-refractivity contribution in [3.8, 4) is 0 Å². The summed E-state index contributed by atoms with van der Waals surface area (Å²) in [5, 5.41) is 1.02. The van der Waals surface area contributed by atoms with Crippen LogP contribution in [0.15, 0.2) is 29.1 Å². The van der Waals surface area contributed by atoms with Crippen molar-refractivity contribution < 1.29 is 0 Å². The second kappa shape index (κ2) is 2.73.